The van der Waals surface area contributed by atoms with Gasteiger partial charge in [0.05, 0.1) is 16.3 Å². The molecule has 3 nitrogen and oxygen atoms in total. The summed E-state index contributed by atoms with van der Waals surface area (Å²) in [5, 5.41) is 6.03. The fraction of sp³-hybridized carbons (Fsp3) is 0.188. The number of hydrogen-bond donors (Lipinski definition) is 2. The minimum absolute atomic E-state index is 0.0435. The van der Waals surface area contributed by atoms with E-state index in [1.54, 1.807) is 24.3 Å². The van der Waals surface area contributed by atoms with Crippen molar-refractivity contribution in [2.75, 3.05) is 17.2 Å². The summed E-state index contributed by atoms with van der Waals surface area (Å²) in [4.78, 5) is 11.9. The Labute approximate surface area is 146 Å². The van der Waals surface area contributed by atoms with Crippen molar-refractivity contribution in [3.63, 3.8) is 0 Å². The molecule has 0 aromatic heterocycles. The molecule has 0 fully saturated rings. The highest BCUT2D eigenvalue weighted by atomic mass is 35.5. The normalized spacial score (nSPS) is 11.2. The molecule has 0 aliphatic heterocycles. The number of hydrogen-bond acceptors (Lipinski definition) is 2. The van der Waals surface area contributed by atoms with Crippen LogP contribution < -0.4 is 10.6 Å². The molecule has 2 aromatic carbocycles. The van der Waals surface area contributed by atoms with Gasteiger partial charge in [-0.2, -0.15) is 13.2 Å². The maximum atomic E-state index is 12.7. The van der Waals surface area contributed by atoms with Gasteiger partial charge in [-0.05, 0) is 42.5 Å². The van der Waals surface area contributed by atoms with Crippen LogP contribution in [-0.4, -0.2) is 12.5 Å². The summed E-state index contributed by atoms with van der Waals surface area (Å²) in [6.07, 6.45) is -4.44. The van der Waals surface area contributed by atoms with Gasteiger partial charge in [-0.15, -0.1) is 0 Å². The molecule has 0 aliphatic rings. The Bertz CT molecular complexity index is 718. The lowest BCUT2D eigenvalue weighted by molar-refractivity contribution is -0.137. The first-order chi connectivity index (χ1) is 11.3. The average molecular weight is 377 g/mol. The second-order valence-electron chi connectivity index (χ2n) is 4.92. The highest BCUT2D eigenvalue weighted by Crippen LogP contribution is 2.33. The summed E-state index contributed by atoms with van der Waals surface area (Å²) in [7, 11) is 0. The fourth-order valence-corrected chi connectivity index (χ4v) is 2.19. The lowest BCUT2D eigenvalue weighted by Crippen LogP contribution is -2.17. The Kier molecular flexibility index (Phi) is 5.96. The van der Waals surface area contributed by atoms with Crippen molar-refractivity contribution in [1.29, 1.82) is 0 Å². The SMILES string of the molecule is O=C(CCNc1ccc(Cl)cc1)Nc1cc(C(F)(F)F)ccc1Cl. The van der Waals surface area contributed by atoms with Crippen molar-refractivity contribution in [3.05, 3.63) is 58.1 Å². The molecule has 8 heteroatoms. The first kappa shape index (κ1) is 18.4. The summed E-state index contributed by atoms with van der Waals surface area (Å²) in [6.45, 7) is 0.310. The molecule has 0 spiro atoms. The molecule has 1 amide bonds. The summed E-state index contributed by atoms with van der Waals surface area (Å²) in [5.74, 6) is -0.447. The zero-order chi connectivity index (χ0) is 17.7. The first-order valence-corrected chi connectivity index (χ1v) is 7.67. The van der Waals surface area contributed by atoms with Gasteiger partial charge >= 0.3 is 6.18 Å². The van der Waals surface area contributed by atoms with E-state index in [1.807, 2.05) is 0 Å². The number of amides is 1. The van der Waals surface area contributed by atoms with E-state index in [2.05, 4.69) is 10.6 Å². The monoisotopic (exact) mass is 376 g/mol. The van der Waals surface area contributed by atoms with E-state index < -0.39 is 17.6 Å². The van der Waals surface area contributed by atoms with Crippen LogP contribution in [0, 0.1) is 0 Å². The Morgan fingerprint density at radius 3 is 2.33 bits per heavy atom. The number of anilines is 2. The van der Waals surface area contributed by atoms with Gasteiger partial charge in [0.2, 0.25) is 5.91 Å². The van der Waals surface area contributed by atoms with Crippen LogP contribution >= 0.6 is 23.2 Å². The molecule has 0 heterocycles. The van der Waals surface area contributed by atoms with E-state index in [1.165, 1.54) is 0 Å². The standard InChI is InChI=1S/C16H13Cl2F3N2O/c17-11-2-4-12(5-3-11)22-8-7-15(24)23-14-9-10(16(19,20)21)1-6-13(14)18/h1-6,9,22H,7-8H2,(H,23,24). The molecule has 2 aromatic rings. The smallest absolute Gasteiger partial charge is 0.385 e. The van der Waals surface area contributed by atoms with Crippen LogP contribution in [0.5, 0.6) is 0 Å². The van der Waals surface area contributed by atoms with Crippen LogP contribution in [0.2, 0.25) is 10.0 Å². The molecule has 24 heavy (non-hydrogen) atoms. The number of alkyl halides is 3. The largest absolute Gasteiger partial charge is 0.416 e. The Hall–Kier alpha value is -1.92. The van der Waals surface area contributed by atoms with E-state index >= 15 is 0 Å². The van der Waals surface area contributed by atoms with Crippen molar-refractivity contribution in [3.8, 4) is 0 Å². The molecule has 128 valence electrons. The van der Waals surface area contributed by atoms with E-state index in [9.17, 15) is 18.0 Å². The number of nitrogens with one attached hydrogen (secondary N) is 2. The van der Waals surface area contributed by atoms with Gasteiger partial charge in [0, 0.05) is 23.7 Å². The fourth-order valence-electron chi connectivity index (χ4n) is 1.90. The predicted octanol–water partition coefficient (Wildman–Crippen LogP) is 5.45. The maximum Gasteiger partial charge on any atom is 0.416 e. The van der Waals surface area contributed by atoms with Gasteiger partial charge in [-0.3, -0.25) is 4.79 Å². The molecular weight excluding hydrogens is 364 g/mol. The molecule has 0 atom stereocenters. The Morgan fingerprint density at radius 2 is 1.71 bits per heavy atom. The molecule has 0 saturated carbocycles. The van der Waals surface area contributed by atoms with Crippen LogP contribution in [0.1, 0.15) is 12.0 Å². The van der Waals surface area contributed by atoms with Crippen molar-refractivity contribution in [2.45, 2.75) is 12.6 Å². The second kappa shape index (κ2) is 7.77. The van der Waals surface area contributed by atoms with Crippen LogP contribution in [0.4, 0.5) is 24.5 Å². The van der Waals surface area contributed by atoms with Gasteiger partial charge in [0.25, 0.3) is 0 Å². The first-order valence-electron chi connectivity index (χ1n) is 6.92. The highest BCUT2D eigenvalue weighted by molar-refractivity contribution is 6.33. The van der Waals surface area contributed by atoms with E-state index in [-0.39, 0.29) is 17.1 Å². The Morgan fingerprint density at radius 1 is 1.04 bits per heavy atom. The Balaban J connectivity index is 1.91. The molecule has 0 bridgehead atoms. The number of rotatable bonds is 5. The quantitative estimate of drug-likeness (QED) is 0.727. The summed E-state index contributed by atoms with van der Waals surface area (Å²) in [5.41, 5.74) is -0.159. The third-order valence-electron chi connectivity index (χ3n) is 3.09. The molecular formula is C16H13Cl2F3N2O. The maximum absolute atomic E-state index is 12.7. The number of carbonyl (C=O) groups excluding carboxylic acids is 1. The zero-order valence-electron chi connectivity index (χ0n) is 12.3. The van der Waals surface area contributed by atoms with Gasteiger partial charge in [0.15, 0.2) is 0 Å². The van der Waals surface area contributed by atoms with E-state index in [4.69, 9.17) is 23.2 Å². The van der Waals surface area contributed by atoms with Gasteiger partial charge in [-0.1, -0.05) is 23.2 Å². The van der Waals surface area contributed by atoms with Gasteiger partial charge in [-0.25, -0.2) is 0 Å². The lowest BCUT2D eigenvalue weighted by Gasteiger charge is -2.12. The summed E-state index contributed by atoms with van der Waals surface area (Å²) < 4.78 is 38.0. The van der Waals surface area contributed by atoms with E-state index in [0.717, 1.165) is 23.9 Å². The van der Waals surface area contributed by atoms with Crippen LogP contribution in [0.15, 0.2) is 42.5 Å². The molecule has 2 N–H and O–H groups in total. The minimum atomic E-state index is -4.50. The zero-order valence-corrected chi connectivity index (χ0v) is 13.8. The van der Waals surface area contributed by atoms with Crippen LogP contribution in [-0.2, 0) is 11.0 Å². The third kappa shape index (κ3) is 5.32. The molecule has 0 unspecified atom stereocenters. The van der Waals surface area contributed by atoms with Crippen molar-refractivity contribution in [1.82, 2.24) is 0 Å². The average Bonchev–Trinajstić information content (AvgIpc) is 2.50. The topological polar surface area (TPSA) is 41.1 Å². The van der Waals surface area contributed by atoms with Crippen LogP contribution in [0.25, 0.3) is 0 Å². The second-order valence-corrected chi connectivity index (χ2v) is 5.77. The molecule has 0 radical (unpaired) electrons. The molecule has 0 saturated heterocycles. The molecule has 0 aliphatic carbocycles. The number of benzene rings is 2. The highest BCUT2D eigenvalue weighted by Gasteiger charge is 2.31. The lowest BCUT2D eigenvalue weighted by atomic mass is 10.2. The summed E-state index contributed by atoms with van der Waals surface area (Å²) >= 11 is 11.6. The minimum Gasteiger partial charge on any atom is -0.385 e. The van der Waals surface area contributed by atoms with Crippen molar-refractivity contribution >= 4 is 40.5 Å². The van der Waals surface area contributed by atoms with Crippen molar-refractivity contribution < 1.29 is 18.0 Å². The van der Waals surface area contributed by atoms with Crippen molar-refractivity contribution in [2.24, 2.45) is 0 Å². The van der Waals surface area contributed by atoms with E-state index in [0.29, 0.717) is 11.6 Å². The van der Waals surface area contributed by atoms with Crippen LogP contribution in [0.3, 0.4) is 0 Å². The van der Waals surface area contributed by atoms with Gasteiger partial charge < -0.3 is 10.6 Å². The molecule has 2 rings (SSSR count). The summed E-state index contributed by atoms with van der Waals surface area (Å²) in [6, 6.07) is 9.69. The number of halogens is 5. The third-order valence-corrected chi connectivity index (χ3v) is 3.67. The number of carbonyl (C=O) groups is 1. The van der Waals surface area contributed by atoms with Gasteiger partial charge in [0.1, 0.15) is 0 Å². The predicted molar refractivity (Wildman–Crippen MR) is 89.6 cm³/mol.